The van der Waals surface area contributed by atoms with Gasteiger partial charge >= 0.3 is 0 Å². The van der Waals surface area contributed by atoms with Gasteiger partial charge in [0.1, 0.15) is 23.7 Å². The van der Waals surface area contributed by atoms with E-state index in [0.717, 1.165) is 29.9 Å². The molecule has 1 atom stereocenters. The number of ether oxygens (including phenoxy) is 1. The summed E-state index contributed by atoms with van der Waals surface area (Å²) in [6, 6.07) is 7.42. The Kier molecular flexibility index (Phi) is 4.14. The predicted molar refractivity (Wildman–Crippen MR) is 94.0 cm³/mol. The van der Waals surface area contributed by atoms with Crippen LogP contribution in [0.5, 0.6) is 5.75 Å². The summed E-state index contributed by atoms with van der Waals surface area (Å²) in [4.78, 5) is 28.7. The maximum atomic E-state index is 13.0. The molecule has 0 aliphatic carbocycles. The van der Waals surface area contributed by atoms with Crippen LogP contribution in [-0.4, -0.2) is 41.6 Å². The third kappa shape index (κ3) is 2.94. The molecule has 0 spiro atoms. The number of likely N-dealkylation sites (tertiary alicyclic amines) is 1. The lowest BCUT2D eigenvalue weighted by molar-refractivity contribution is -0.132. The van der Waals surface area contributed by atoms with E-state index in [2.05, 4.69) is 5.16 Å². The lowest BCUT2D eigenvalue weighted by Gasteiger charge is -2.31. The third-order valence-electron chi connectivity index (χ3n) is 4.91. The number of hydrogen-bond acceptors (Lipinski definition) is 5. The monoisotopic (exact) mass is 355 g/mol. The molecule has 2 aliphatic heterocycles. The Morgan fingerprint density at radius 2 is 2.15 bits per heavy atom. The van der Waals surface area contributed by atoms with Gasteiger partial charge in [-0.3, -0.25) is 14.5 Å². The fraction of sp³-hybridized carbons (Fsp3) is 0.421. The van der Waals surface area contributed by atoms with Gasteiger partial charge in [0.2, 0.25) is 5.91 Å². The Bertz CT molecular complexity index is 860. The summed E-state index contributed by atoms with van der Waals surface area (Å²) >= 11 is 0. The average Bonchev–Trinajstić information content (AvgIpc) is 3.26. The molecule has 1 fully saturated rings. The number of carbonyl (C=O) groups is 2. The third-order valence-corrected chi connectivity index (χ3v) is 4.91. The number of aromatic nitrogens is 1. The topological polar surface area (TPSA) is 75.9 Å². The molecule has 7 nitrogen and oxygen atoms in total. The van der Waals surface area contributed by atoms with Crippen LogP contribution in [0.3, 0.4) is 0 Å². The summed E-state index contributed by atoms with van der Waals surface area (Å²) in [7, 11) is 0. The molecule has 2 aromatic rings. The number of benzene rings is 1. The van der Waals surface area contributed by atoms with Gasteiger partial charge in [0.15, 0.2) is 6.61 Å². The zero-order valence-electron chi connectivity index (χ0n) is 14.9. The van der Waals surface area contributed by atoms with E-state index in [9.17, 15) is 9.59 Å². The second-order valence-electron chi connectivity index (χ2n) is 6.85. The minimum atomic E-state index is -0.204. The summed E-state index contributed by atoms with van der Waals surface area (Å²) in [6.07, 6.45) is 1.76. The molecule has 7 heteroatoms. The molecule has 4 rings (SSSR count). The lowest BCUT2D eigenvalue weighted by Crippen LogP contribution is -2.46. The van der Waals surface area contributed by atoms with Crippen LogP contribution in [0.4, 0.5) is 5.69 Å². The molecule has 0 radical (unpaired) electrons. The summed E-state index contributed by atoms with van der Waals surface area (Å²) in [5.74, 6) is 1.07. The minimum Gasteiger partial charge on any atom is -0.482 e. The van der Waals surface area contributed by atoms with Crippen LogP contribution in [0.1, 0.15) is 35.9 Å². The van der Waals surface area contributed by atoms with E-state index in [-0.39, 0.29) is 31.0 Å². The van der Waals surface area contributed by atoms with E-state index in [1.54, 1.807) is 4.90 Å². The molecule has 1 aromatic heterocycles. The van der Waals surface area contributed by atoms with E-state index >= 15 is 0 Å². The molecule has 1 unspecified atom stereocenters. The number of fused-ring (bicyclic) bond motifs is 1. The maximum Gasteiger partial charge on any atom is 0.265 e. The fourth-order valence-electron chi connectivity index (χ4n) is 3.63. The van der Waals surface area contributed by atoms with Gasteiger partial charge in [-0.25, -0.2) is 0 Å². The molecule has 2 aliphatic rings. The van der Waals surface area contributed by atoms with Gasteiger partial charge in [0, 0.05) is 12.6 Å². The van der Waals surface area contributed by atoms with Gasteiger partial charge in [-0.15, -0.1) is 0 Å². The Balaban J connectivity index is 1.56. The van der Waals surface area contributed by atoms with Crippen molar-refractivity contribution in [2.75, 3.05) is 24.6 Å². The van der Waals surface area contributed by atoms with E-state index in [1.807, 2.05) is 38.1 Å². The molecule has 2 amide bonds. The average molecular weight is 355 g/mol. The van der Waals surface area contributed by atoms with Gasteiger partial charge in [-0.2, -0.15) is 0 Å². The highest BCUT2D eigenvalue weighted by Gasteiger charge is 2.35. The van der Waals surface area contributed by atoms with Crippen molar-refractivity contribution in [1.29, 1.82) is 0 Å². The standard InChI is InChI=1S/C19H21N3O4/c1-12-5-6-17-16(8-12)22(19(24)11-25-17)10-18(23)21-7-3-4-15(21)14-9-13(2)26-20-14/h5-6,8-9,15H,3-4,7,10-11H2,1-2H3. The van der Waals surface area contributed by atoms with Crippen molar-refractivity contribution in [2.45, 2.75) is 32.7 Å². The van der Waals surface area contributed by atoms with Crippen molar-refractivity contribution in [1.82, 2.24) is 10.1 Å². The molecule has 0 N–H and O–H groups in total. The van der Waals surface area contributed by atoms with Gasteiger partial charge in [-0.1, -0.05) is 11.2 Å². The van der Waals surface area contributed by atoms with E-state index < -0.39 is 0 Å². The molecular weight excluding hydrogens is 334 g/mol. The Morgan fingerprint density at radius 1 is 1.31 bits per heavy atom. The number of aryl methyl sites for hydroxylation is 2. The zero-order valence-corrected chi connectivity index (χ0v) is 14.9. The first-order valence-corrected chi connectivity index (χ1v) is 8.79. The first-order valence-electron chi connectivity index (χ1n) is 8.79. The molecule has 3 heterocycles. The van der Waals surface area contributed by atoms with Crippen molar-refractivity contribution in [3.63, 3.8) is 0 Å². The summed E-state index contributed by atoms with van der Waals surface area (Å²) in [5, 5.41) is 4.07. The molecule has 26 heavy (non-hydrogen) atoms. The lowest BCUT2D eigenvalue weighted by atomic mass is 10.1. The smallest absolute Gasteiger partial charge is 0.265 e. The normalized spacial score (nSPS) is 19.5. The van der Waals surface area contributed by atoms with E-state index in [4.69, 9.17) is 9.26 Å². The SMILES string of the molecule is Cc1ccc2c(c1)N(CC(=O)N1CCCC1c1cc(C)on1)C(=O)CO2. The number of nitrogens with zero attached hydrogens (tertiary/aromatic N) is 3. The zero-order chi connectivity index (χ0) is 18.3. The van der Waals surface area contributed by atoms with Crippen LogP contribution in [-0.2, 0) is 9.59 Å². The quantitative estimate of drug-likeness (QED) is 0.845. The molecular formula is C19H21N3O4. The van der Waals surface area contributed by atoms with Crippen LogP contribution < -0.4 is 9.64 Å². The van der Waals surface area contributed by atoms with Gasteiger partial charge in [0.05, 0.1) is 11.7 Å². The number of anilines is 1. The molecule has 0 saturated carbocycles. The largest absolute Gasteiger partial charge is 0.482 e. The Labute approximate surface area is 151 Å². The van der Waals surface area contributed by atoms with Crippen molar-refractivity contribution in [2.24, 2.45) is 0 Å². The molecule has 136 valence electrons. The fourth-order valence-corrected chi connectivity index (χ4v) is 3.63. The number of carbonyl (C=O) groups excluding carboxylic acids is 2. The molecule has 0 bridgehead atoms. The van der Waals surface area contributed by atoms with Crippen molar-refractivity contribution < 1.29 is 18.8 Å². The highest BCUT2D eigenvalue weighted by atomic mass is 16.5. The second-order valence-corrected chi connectivity index (χ2v) is 6.85. The molecule has 1 saturated heterocycles. The first kappa shape index (κ1) is 16.6. The number of rotatable bonds is 3. The van der Waals surface area contributed by atoms with Crippen molar-refractivity contribution in [3.05, 3.63) is 41.3 Å². The minimum absolute atomic E-state index is 0.00593. The second kappa shape index (κ2) is 6.48. The van der Waals surface area contributed by atoms with Crippen molar-refractivity contribution in [3.8, 4) is 5.75 Å². The van der Waals surface area contributed by atoms with Crippen molar-refractivity contribution >= 4 is 17.5 Å². The summed E-state index contributed by atoms with van der Waals surface area (Å²) in [6.45, 7) is 4.40. The highest BCUT2D eigenvalue weighted by Crippen LogP contribution is 2.35. The van der Waals surface area contributed by atoms with Crippen LogP contribution in [0.2, 0.25) is 0 Å². The van der Waals surface area contributed by atoms with E-state index in [1.165, 1.54) is 4.90 Å². The highest BCUT2D eigenvalue weighted by molar-refractivity contribution is 6.02. The Morgan fingerprint density at radius 3 is 2.92 bits per heavy atom. The summed E-state index contributed by atoms with van der Waals surface area (Å²) in [5.41, 5.74) is 2.44. The maximum absolute atomic E-state index is 13.0. The Hall–Kier alpha value is -2.83. The first-order chi connectivity index (χ1) is 12.5. The van der Waals surface area contributed by atoms with Gasteiger partial charge < -0.3 is 14.2 Å². The number of hydrogen-bond donors (Lipinski definition) is 0. The van der Waals surface area contributed by atoms with Gasteiger partial charge in [0.25, 0.3) is 5.91 Å². The predicted octanol–water partition coefficient (Wildman–Crippen LogP) is 2.38. The van der Waals surface area contributed by atoms with Crippen LogP contribution in [0, 0.1) is 13.8 Å². The van der Waals surface area contributed by atoms with Crippen LogP contribution in [0.15, 0.2) is 28.8 Å². The summed E-state index contributed by atoms with van der Waals surface area (Å²) < 4.78 is 10.6. The number of amides is 2. The van der Waals surface area contributed by atoms with Crippen LogP contribution in [0.25, 0.3) is 0 Å². The van der Waals surface area contributed by atoms with Gasteiger partial charge in [-0.05, 0) is 44.4 Å². The van der Waals surface area contributed by atoms with Crippen LogP contribution >= 0.6 is 0 Å². The molecule has 1 aromatic carbocycles. The van der Waals surface area contributed by atoms with E-state index in [0.29, 0.717) is 18.0 Å².